The molecule has 2 aromatic rings. The molecule has 0 amide bonds. The first-order chi connectivity index (χ1) is 13.0. The average Bonchev–Trinajstić information content (AvgIpc) is 2.60. The number of carbonyl (C=O) groups excluding carboxylic acids is 1. The standard InChI is InChI=1S/C18H20N2O7S/c1-11(2)27-18(21)13-6-8-16(26-4)15(9-13)19-28(24,25)17-10-14(20(22)23)7-5-12(17)3/h5-11,19H,1-4H3. The van der Waals surface area contributed by atoms with Crippen LogP contribution in [0, 0.1) is 17.0 Å². The van der Waals surface area contributed by atoms with Crippen LogP contribution < -0.4 is 9.46 Å². The Hall–Kier alpha value is -3.14. The van der Waals surface area contributed by atoms with Gasteiger partial charge < -0.3 is 9.47 Å². The molecule has 0 unspecified atom stereocenters. The number of benzene rings is 2. The van der Waals surface area contributed by atoms with Gasteiger partial charge in [-0.1, -0.05) is 6.07 Å². The van der Waals surface area contributed by atoms with E-state index in [0.717, 1.165) is 6.07 Å². The van der Waals surface area contributed by atoms with Crippen molar-refractivity contribution < 1.29 is 27.6 Å². The Balaban J connectivity index is 2.47. The molecule has 150 valence electrons. The van der Waals surface area contributed by atoms with E-state index in [1.54, 1.807) is 13.8 Å². The van der Waals surface area contributed by atoms with Crippen molar-refractivity contribution >= 4 is 27.4 Å². The Morgan fingerprint density at radius 3 is 2.43 bits per heavy atom. The van der Waals surface area contributed by atoms with E-state index >= 15 is 0 Å². The maximum atomic E-state index is 12.8. The van der Waals surface area contributed by atoms with Gasteiger partial charge >= 0.3 is 5.97 Å². The summed E-state index contributed by atoms with van der Waals surface area (Å²) in [6.45, 7) is 4.90. The van der Waals surface area contributed by atoms with E-state index < -0.39 is 20.9 Å². The van der Waals surface area contributed by atoms with Crippen LogP contribution in [0.1, 0.15) is 29.8 Å². The second-order valence-corrected chi connectivity index (χ2v) is 7.83. The molecule has 28 heavy (non-hydrogen) atoms. The lowest BCUT2D eigenvalue weighted by molar-refractivity contribution is -0.385. The zero-order chi connectivity index (χ0) is 21.1. The van der Waals surface area contributed by atoms with Crippen LogP contribution in [0.2, 0.25) is 0 Å². The zero-order valence-corrected chi connectivity index (χ0v) is 16.6. The number of carbonyl (C=O) groups is 1. The lowest BCUT2D eigenvalue weighted by Crippen LogP contribution is -2.16. The summed E-state index contributed by atoms with van der Waals surface area (Å²) in [5.41, 5.74) is 0.106. The van der Waals surface area contributed by atoms with Gasteiger partial charge in [-0.25, -0.2) is 13.2 Å². The van der Waals surface area contributed by atoms with Crippen molar-refractivity contribution in [2.24, 2.45) is 0 Å². The van der Waals surface area contributed by atoms with Crippen molar-refractivity contribution in [2.75, 3.05) is 11.8 Å². The first kappa shape index (κ1) is 21.2. The van der Waals surface area contributed by atoms with Crippen molar-refractivity contribution in [1.82, 2.24) is 0 Å². The number of non-ortho nitro benzene ring substituents is 1. The van der Waals surface area contributed by atoms with Gasteiger partial charge in [-0.05, 0) is 44.5 Å². The van der Waals surface area contributed by atoms with Gasteiger partial charge in [-0.15, -0.1) is 0 Å². The maximum absolute atomic E-state index is 12.8. The van der Waals surface area contributed by atoms with E-state index in [2.05, 4.69) is 4.72 Å². The molecule has 0 aromatic heterocycles. The van der Waals surface area contributed by atoms with Gasteiger partial charge in [0.15, 0.2) is 0 Å². The number of hydrogen-bond acceptors (Lipinski definition) is 7. The Morgan fingerprint density at radius 1 is 1.18 bits per heavy atom. The lowest BCUT2D eigenvalue weighted by atomic mass is 10.2. The Morgan fingerprint density at radius 2 is 1.86 bits per heavy atom. The largest absolute Gasteiger partial charge is 0.495 e. The molecule has 0 saturated carbocycles. The molecule has 0 radical (unpaired) electrons. The molecule has 9 nitrogen and oxygen atoms in total. The van der Waals surface area contributed by atoms with Crippen LogP contribution in [0.15, 0.2) is 41.3 Å². The number of methoxy groups -OCH3 is 1. The Bertz CT molecular complexity index is 1020. The molecular weight excluding hydrogens is 388 g/mol. The summed E-state index contributed by atoms with van der Waals surface area (Å²) in [5.74, 6) is -0.447. The predicted molar refractivity (Wildman–Crippen MR) is 102 cm³/mol. The molecule has 1 N–H and O–H groups in total. The van der Waals surface area contributed by atoms with Gasteiger partial charge in [0.2, 0.25) is 0 Å². The van der Waals surface area contributed by atoms with Crippen LogP contribution in [0.25, 0.3) is 0 Å². The summed E-state index contributed by atoms with van der Waals surface area (Å²) in [4.78, 5) is 22.1. The SMILES string of the molecule is COc1ccc(C(=O)OC(C)C)cc1NS(=O)(=O)c1cc([N+](=O)[O-])ccc1C. The number of anilines is 1. The molecule has 0 aliphatic carbocycles. The number of aryl methyl sites for hydroxylation is 1. The predicted octanol–water partition coefficient (Wildman–Crippen LogP) is 3.28. The van der Waals surface area contributed by atoms with Crippen molar-refractivity contribution in [3.8, 4) is 5.75 Å². The highest BCUT2D eigenvalue weighted by atomic mass is 32.2. The fourth-order valence-corrected chi connectivity index (χ4v) is 3.72. The number of nitrogens with one attached hydrogen (secondary N) is 1. The fourth-order valence-electron chi connectivity index (χ4n) is 2.39. The van der Waals surface area contributed by atoms with Gasteiger partial charge in [-0.2, -0.15) is 0 Å². The molecule has 0 fully saturated rings. The molecule has 0 spiro atoms. The molecule has 2 aromatic carbocycles. The van der Waals surface area contributed by atoms with Crippen LogP contribution in [0.4, 0.5) is 11.4 Å². The monoisotopic (exact) mass is 408 g/mol. The van der Waals surface area contributed by atoms with E-state index in [1.807, 2.05) is 0 Å². The summed E-state index contributed by atoms with van der Waals surface area (Å²) < 4.78 is 38.2. The Kier molecular flexibility index (Phi) is 6.24. The third-order valence-electron chi connectivity index (χ3n) is 3.69. The van der Waals surface area contributed by atoms with Crippen molar-refractivity contribution in [1.29, 1.82) is 0 Å². The second-order valence-electron chi connectivity index (χ2n) is 6.18. The first-order valence-electron chi connectivity index (χ1n) is 8.22. The van der Waals surface area contributed by atoms with Gasteiger partial charge in [0.25, 0.3) is 15.7 Å². The van der Waals surface area contributed by atoms with Crippen molar-refractivity contribution in [2.45, 2.75) is 31.8 Å². The summed E-state index contributed by atoms with van der Waals surface area (Å²) in [6.07, 6.45) is -0.345. The minimum absolute atomic E-state index is 0.00612. The number of ether oxygens (including phenoxy) is 2. The highest BCUT2D eigenvalue weighted by Gasteiger charge is 2.23. The fraction of sp³-hybridized carbons (Fsp3) is 0.278. The first-order valence-corrected chi connectivity index (χ1v) is 9.70. The number of sulfonamides is 1. The van der Waals surface area contributed by atoms with Crippen molar-refractivity contribution in [3.05, 3.63) is 57.6 Å². The number of nitro groups is 1. The van der Waals surface area contributed by atoms with Gasteiger partial charge in [0.1, 0.15) is 5.75 Å². The molecule has 10 heteroatoms. The van der Waals surface area contributed by atoms with Crippen LogP contribution in [-0.2, 0) is 14.8 Å². The molecule has 0 atom stereocenters. The topological polar surface area (TPSA) is 125 Å². The zero-order valence-electron chi connectivity index (χ0n) is 15.8. The normalized spacial score (nSPS) is 11.2. The van der Waals surface area contributed by atoms with Gasteiger partial charge in [0.05, 0.1) is 34.3 Å². The molecule has 2 rings (SSSR count). The number of hydrogen-bond donors (Lipinski definition) is 1. The van der Waals surface area contributed by atoms with Crippen LogP contribution >= 0.6 is 0 Å². The molecule has 0 aliphatic heterocycles. The van der Waals surface area contributed by atoms with Crippen LogP contribution in [0.3, 0.4) is 0 Å². The second kappa shape index (κ2) is 8.26. The lowest BCUT2D eigenvalue weighted by Gasteiger charge is -2.15. The van der Waals surface area contributed by atoms with Crippen LogP contribution in [-0.4, -0.2) is 32.5 Å². The molecule has 0 bridgehead atoms. The summed E-state index contributed by atoms with van der Waals surface area (Å²) in [7, 11) is -2.84. The summed E-state index contributed by atoms with van der Waals surface area (Å²) in [6, 6.07) is 7.70. The maximum Gasteiger partial charge on any atom is 0.338 e. The minimum atomic E-state index is -4.18. The molecule has 0 aliphatic rings. The molecule has 0 heterocycles. The van der Waals surface area contributed by atoms with E-state index in [4.69, 9.17) is 9.47 Å². The third-order valence-corrected chi connectivity index (χ3v) is 5.20. The summed E-state index contributed by atoms with van der Waals surface area (Å²) >= 11 is 0. The number of rotatable bonds is 7. The highest BCUT2D eigenvalue weighted by molar-refractivity contribution is 7.92. The van der Waals surface area contributed by atoms with E-state index in [9.17, 15) is 23.3 Å². The summed E-state index contributed by atoms with van der Waals surface area (Å²) in [5, 5.41) is 11.0. The van der Waals surface area contributed by atoms with Gasteiger partial charge in [-0.3, -0.25) is 14.8 Å². The number of nitro benzene ring substituents is 1. The number of nitrogens with zero attached hydrogens (tertiary/aromatic N) is 1. The van der Waals surface area contributed by atoms with Gasteiger partial charge in [0, 0.05) is 12.1 Å². The molecule has 0 saturated heterocycles. The third kappa shape index (κ3) is 4.77. The highest BCUT2D eigenvalue weighted by Crippen LogP contribution is 2.30. The van der Waals surface area contributed by atoms with E-state index in [0.29, 0.717) is 5.56 Å². The van der Waals surface area contributed by atoms with Crippen LogP contribution in [0.5, 0.6) is 5.75 Å². The molecular formula is C18H20N2O7S. The number of esters is 1. The Labute approximate surface area is 162 Å². The quantitative estimate of drug-likeness (QED) is 0.423. The average molecular weight is 408 g/mol. The van der Waals surface area contributed by atoms with E-state index in [-0.39, 0.29) is 33.7 Å². The minimum Gasteiger partial charge on any atom is -0.495 e. The smallest absolute Gasteiger partial charge is 0.338 e. The van der Waals surface area contributed by atoms with Crippen molar-refractivity contribution in [3.63, 3.8) is 0 Å². The van der Waals surface area contributed by atoms with E-state index in [1.165, 1.54) is 44.4 Å².